The zero-order chi connectivity index (χ0) is 20.7. The minimum absolute atomic E-state index is 0. The molecule has 0 aliphatic rings. The molecule has 7 heteroatoms. The van der Waals surface area contributed by atoms with Crippen LogP contribution >= 0.6 is 0 Å². The average molecular weight is 422 g/mol. The Morgan fingerprint density at radius 2 is 1.13 bits per heavy atom. The van der Waals surface area contributed by atoms with E-state index in [2.05, 4.69) is 87.0 Å². The Hall–Kier alpha value is -2.44. The number of nitrogens with zero attached hydrogens (tertiary/aromatic N) is 7. The molecule has 0 bridgehead atoms. The zero-order valence-electron chi connectivity index (χ0n) is 18.2. The highest BCUT2D eigenvalue weighted by molar-refractivity contribution is 4.84. The first-order valence-corrected chi connectivity index (χ1v) is 9.15. The second-order valence-electron chi connectivity index (χ2n) is 9.27. The van der Waals surface area contributed by atoms with Gasteiger partial charge in [0.2, 0.25) is 0 Å². The van der Waals surface area contributed by atoms with E-state index in [-0.39, 0.29) is 38.9 Å². The lowest BCUT2D eigenvalue weighted by molar-refractivity contribution is 0.354. The molecule has 0 aliphatic heterocycles. The van der Waals surface area contributed by atoms with Gasteiger partial charge in [0.1, 0.15) is 12.7 Å². The first-order chi connectivity index (χ1) is 12.3. The highest BCUT2D eigenvalue weighted by Crippen LogP contribution is 2.11. The predicted molar refractivity (Wildman–Crippen MR) is 130 cm³/mol. The van der Waals surface area contributed by atoms with E-state index in [9.17, 15) is 0 Å². The summed E-state index contributed by atoms with van der Waals surface area (Å²) in [5.41, 5.74) is 0.372. The van der Waals surface area contributed by atoms with Crippen LogP contribution in [0.2, 0.25) is 0 Å². The van der Waals surface area contributed by atoms with Crippen LogP contribution < -0.4 is 0 Å². The van der Waals surface area contributed by atoms with Gasteiger partial charge in [-0.15, -0.1) is 0 Å². The van der Waals surface area contributed by atoms with Gasteiger partial charge in [-0.1, -0.05) is 22.3 Å². The molecular formula is C23H47N7. The molecule has 0 radical (unpaired) electrons. The fraction of sp³-hybridized carbons (Fsp3) is 0.652. The van der Waals surface area contributed by atoms with Gasteiger partial charge in [0, 0.05) is 30.3 Å². The Morgan fingerprint density at radius 1 is 0.567 bits per heavy atom. The summed E-state index contributed by atoms with van der Waals surface area (Å²) in [7, 11) is 0. The van der Waals surface area contributed by atoms with Crippen LogP contribution in [-0.4, -0.2) is 34.1 Å². The fourth-order valence-corrected chi connectivity index (χ4v) is 1.88. The standard InChI is InChI=1S/2C7H12N2.C6H11N3.3CH4/c1-7(2,3)9-5-4-8-6-9;1-7(2,3)9-6-4-5-8-9;1-6(2,3)9-5-7-4-8-9;;;/h2*4-6H,1-3H3;4-5H,1-3H3;3*1H4. The predicted octanol–water partition coefficient (Wildman–Crippen LogP) is 6.22. The smallest absolute Gasteiger partial charge is 0.137 e. The first kappa shape index (κ1) is 32.2. The first-order valence-electron chi connectivity index (χ1n) is 9.15. The van der Waals surface area contributed by atoms with Gasteiger partial charge in [0.05, 0.1) is 17.4 Å². The summed E-state index contributed by atoms with van der Waals surface area (Å²) in [6.45, 7) is 19.1. The van der Waals surface area contributed by atoms with Crippen molar-refractivity contribution in [2.45, 2.75) is 101 Å². The Balaban J connectivity index is -0.000000347. The van der Waals surface area contributed by atoms with Gasteiger partial charge in [-0.2, -0.15) is 10.2 Å². The van der Waals surface area contributed by atoms with Crippen LogP contribution in [0.4, 0.5) is 0 Å². The molecule has 0 aliphatic carbocycles. The van der Waals surface area contributed by atoms with Crippen molar-refractivity contribution in [3.8, 4) is 0 Å². The van der Waals surface area contributed by atoms with Crippen LogP contribution in [0.1, 0.15) is 84.6 Å². The normalized spacial score (nSPS) is 10.7. The van der Waals surface area contributed by atoms with E-state index < -0.39 is 0 Å². The molecule has 0 aromatic carbocycles. The summed E-state index contributed by atoms with van der Waals surface area (Å²) < 4.78 is 5.84. The number of hydrogen-bond donors (Lipinski definition) is 0. The topological polar surface area (TPSA) is 66.3 Å². The summed E-state index contributed by atoms with van der Waals surface area (Å²) in [6.07, 6.45) is 12.6. The maximum atomic E-state index is 4.10. The summed E-state index contributed by atoms with van der Waals surface area (Å²) in [5, 5.41) is 8.10. The molecule has 3 heterocycles. The molecule has 0 spiro atoms. The van der Waals surface area contributed by atoms with Crippen LogP contribution in [-0.2, 0) is 16.6 Å². The third-order valence-electron chi connectivity index (χ3n) is 3.58. The Kier molecular flexibility index (Phi) is 13.9. The maximum absolute atomic E-state index is 4.10. The fourth-order valence-electron chi connectivity index (χ4n) is 1.88. The van der Waals surface area contributed by atoms with Gasteiger partial charge in [0.15, 0.2) is 0 Å². The lowest BCUT2D eigenvalue weighted by Gasteiger charge is -2.19. The second-order valence-corrected chi connectivity index (χ2v) is 9.27. The van der Waals surface area contributed by atoms with Gasteiger partial charge in [0.25, 0.3) is 0 Å². The van der Waals surface area contributed by atoms with Crippen molar-refractivity contribution in [3.05, 3.63) is 49.8 Å². The lowest BCUT2D eigenvalue weighted by atomic mass is 10.1. The minimum atomic E-state index is 0. The van der Waals surface area contributed by atoms with Crippen molar-refractivity contribution in [1.82, 2.24) is 34.1 Å². The molecule has 0 saturated heterocycles. The molecule has 0 atom stereocenters. The monoisotopic (exact) mass is 421 g/mol. The van der Waals surface area contributed by atoms with Crippen molar-refractivity contribution in [2.75, 3.05) is 0 Å². The number of imidazole rings is 1. The Bertz CT molecular complexity index is 616. The molecule has 30 heavy (non-hydrogen) atoms. The van der Waals surface area contributed by atoms with E-state index in [4.69, 9.17) is 0 Å². The quantitative estimate of drug-likeness (QED) is 0.432. The maximum Gasteiger partial charge on any atom is 0.137 e. The third-order valence-corrected chi connectivity index (χ3v) is 3.58. The van der Waals surface area contributed by atoms with Crippen molar-refractivity contribution < 1.29 is 0 Å². The van der Waals surface area contributed by atoms with Gasteiger partial charge in [-0.3, -0.25) is 4.68 Å². The Morgan fingerprint density at radius 3 is 1.33 bits per heavy atom. The summed E-state index contributed by atoms with van der Waals surface area (Å²) >= 11 is 0. The largest absolute Gasteiger partial charge is 0.332 e. The molecule has 7 nitrogen and oxygen atoms in total. The van der Waals surface area contributed by atoms with Gasteiger partial charge in [-0.25, -0.2) is 14.6 Å². The van der Waals surface area contributed by atoms with Crippen molar-refractivity contribution >= 4 is 0 Å². The van der Waals surface area contributed by atoms with Crippen molar-refractivity contribution in [2.24, 2.45) is 0 Å². The van der Waals surface area contributed by atoms with Crippen LogP contribution in [0.5, 0.6) is 0 Å². The summed E-state index contributed by atoms with van der Waals surface area (Å²) in [4.78, 5) is 7.79. The van der Waals surface area contributed by atoms with E-state index in [1.807, 2.05) is 34.2 Å². The van der Waals surface area contributed by atoms with Gasteiger partial charge >= 0.3 is 0 Å². The number of hydrogen-bond acceptors (Lipinski definition) is 4. The summed E-state index contributed by atoms with van der Waals surface area (Å²) in [6, 6.07) is 1.94. The average Bonchev–Trinajstić information content (AvgIpc) is 3.28. The number of aromatic nitrogens is 7. The molecule has 0 fully saturated rings. The van der Waals surface area contributed by atoms with Crippen molar-refractivity contribution in [1.29, 1.82) is 0 Å². The highest BCUT2D eigenvalue weighted by Gasteiger charge is 2.12. The molecule has 3 aromatic heterocycles. The van der Waals surface area contributed by atoms with Crippen LogP contribution in [0.25, 0.3) is 0 Å². The molecule has 3 rings (SSSR count). The van der Waals surface area contributed by atoms with E-state index in [0.29, 0.717) is 0 Å². The third kappa shape index (κ3) is 11.5. The molecule has 0 N–H and O–H groups in total. The molecule has 3 aromatic rings. The lowest BCUT2D eigenvalue weighted by Crippen LogP contribution is -2.21. The number of rotatable bonds is 0. The molecule has 0 unspecified atom stereocenters. The van der Waals surface area contributed by atoms with Gasteiger partial charge < -0.3 is 4.57 Å². The summed E-state index contributed by atoms with van der Waals surface area (Å²) in [5.74, 6) is 0. The van der Waals surface area contributed by atoms with Crippen molar-refractivity contribution in [3.63, 3.8) is 0 Å². The molecule has 174 valence electrons. The van der Waals surface area contributed by atoms with Crippen LogP contribution in [0.3, 0.4) is 0 Å². The van der Waals surface area contributed by atoms with E-state index >= 15 is 0 Å². The zero-order valence-corrected chi connectivity index (χ0v) is 18.2. The van der Waals surface area contributed by atoms with E-state index in [0.717, 1.165) is 0 Å². The Labute approximate surface area is 185 Å². The van der Waals surface area contributed by atoms with E-state index in [1.165, 1.54) is 0 Å². The highest BCUT2D eigenvalue weighted by atomic mass is 15.3. The molecule has 0 amide bonds. The molecular weight excluding hydrogens is 374 g/mol. The van der Waals surface area contributed by atoms with Crippen LogP contribution in [0, 0.1) is 0 Å². The second kappa shape index (κ2) is 13.0. The SMILES string of the molecule is C.C.C.CC(C)(C)n1cccn1.CC(C)(C)n1ccnc1.CC(C)(C)n1cncn1. The molecule has 0 saturated carbocycles. The van der Waals surface area contributed by atoms with Gasteiger partial charge in [-0.05, 0) is 68.4 Å². The van der Waals surface area contributed by atoms with Crippen LogP contribution in [0.15, 0.2) is 49.8 Å². The van der Waals surface area contributed by atoms with E-state index in [1.54, 1.807) is 25.0 Å². The minimum Gasteiger partial charge on any atom is -0.332 e.